The predicted molar refractivity (Wildman–Crippen MR) is 46.4 cm³/mol. The number of benzene rings is 1. The molecule has 0 aliphatic heterocycles. The van der Waals surface area contributed by atoms with Crippen LogP contribution in [0.15, 0.2) is 22.7 Å². The number of halogens is 1. The Labute approximate surface area is 73.6 Å². The van der Waals surface area contributed by atoms with Crippen molar-refractivity contribution < 1.29 is 10.2 Å². The van der Waals surface area contributed by atoms with Crippen LogP contribution in [0.25, 0.3) is 0 Å². The lowest BCUT2D eigenvalue weighted by molar-refractivity contribution is 0.195. The van der Waals surface area contributed by atoms with E-state index in [1.807, 2.05) is 0 Å². The summed E-state index contributed by atoms with van der Waals surface area (Å²) in [6, 6.07) is 4.97. The molecule has 0 bridgehead atoms. The molecule has 0 saturated heterocycles. The van der Waals surface area contributed by atoms with Crippen molar-refractivity contribution in [3.05, 3.63) is 28.2 Å². The number of hydrogen-bond acceptors (Lipinski definition) is 2. The van der Waals surface area contributed by atoms with Crippen LogP contribution in [0.3, 0.4) is 0 Å². The molecule has 3 heteroatoms. The van der Waals surface area contributed by atoms with E-state index in [9.17, 15) is 5.11 Å². The van der Waals surface area contributed by atoms with Crippen LogP contribution in [0.4, 0.5) is 0 Å². The van der Waals surface area contributed by atoms with E-state index in [1.165, 1.54) is 0 Å². The molecular formula is C8H9BrO2. The maximum absolute atomic E-state index is 9.22. The highest BCUT2D eigenvalue weighted by atomic mass is 79.9. The number of rotatable bonds is 1. The third-order valence-electron chi connectivity index (χ3n) is 1.44. The van der Waals surface area contributed by atoms with Crippen molar-refractivity contribution in [1.29, 1.82) is 0 Å². The lowest BCUT2D eigenvalue weighted by atomic mass is 10.1. The normalized spacial score (nSPS) is 13.0. The molecule has 0 radical (unpaired) electrons. The van der Waals surface area contributed by atoms with Gasteiger partial charge in [-0.15, -0.1) is 0 Å². The number of hydrogen-bond donors (Lipinski definition) is 2. The minimum absolute atomic E-state index is 0.128. The van der Waals surface area contributed by atoms with E-state index in [0.29, 0.717) is 5.56 Å². The zero-order chi connectivity index (χ0) is 8.43. The monoisotopic (exact) mass is 216 g/mol. The Morgan fingerprint density at radius 2 is 2.09 bits per heavy atom. The van der Waals surface area contributed by atoms with Crippen LogP contribution >= 0.6 is 15.9 Å². The molecule has 0 aromatic heterocycles. The fourth-order valence-electron chi connectivity index (χ4n) is 0.860. The lowest BCUT2D eigenvalue weighted by Gasteiger charge is -2.06. The van der Waals surface area contributed by atoms with Gasteiger partial charge in [-0.2, -0.15) is 0 Å². The van der Waals surface area contributed by atoms with Crippen LogP contribution in [0, 0.1) is 0 Å². The van der Waals surface area contributed by atoms with Gasteiger partial charge >= 0.3 is 0 Å². The van der Waals surface area contributed by atoms with E-state index in [0.717, 1.165) is 4.47 Å². The second-order valence-electron chi connectivity index (χ2n) is 2.38. The van der Waals surface area contributed by atoms with Gasteiger partial charge in [-0.1, -0.05) is 15.9 Å². The summed E-state index contributed by atoms with van der Waals surface area (Å²) in [5, 5.41) is 18.4. The van der Waals surface area contributed by atoms with Crippen LogP contribution < -0.4 is 0 Å². The molecule has 2 nitrogen and oxygen atoms in total. The SMILES string of the molecule is CC(O)c1cc(Br)ccc1O. The lowest BCUT2D eigenvalue weighted by Crippen LogP contribution is -1.90. The molecule has 0 saturated carbocycles. The Morgan fingerprint density at radius 1 is 1.45 bits per heavy atom. The van der Waals surface area contributed by atoms with Gasteiger partial charge in [0.25, 0.3) is 0 Å². The molecule has 0 heterocycles. The van der Waals surface area contributed by atoms with Crippen molar-refractivity contribution >= 4 is 15.9 Å². The fraction of sp³-hybridized carbons (Fsp3) is 0.250. The first kappa shape index (κ1) is 8.56. The molecular weight excluding hydrogens is 208 g/mol. The molecule has 1 aromatic rings. The predicted octanol–water partition coefficient (Wildman–Crippen LogP) is 2.21. The third-order valence-corrected chi connectivity index (χ3v) is 1.93. The zero-order valence-electron chi connectivity index (χ0n) is 6.08. The second kappa shape index (κ2) is 3.24. The molecule has 0 aliphatic carbocycles. The number of aromatic hydroxyl groups is 1. The highest BCUT2D eigenvalue weighted by molar-refractivity contribution is 9.10. The molecule has 1 atom stereocenters. The van der Waals surface area contributed by atoms with Crippen molar-refractivity contribution in [1.82, 2.24) is 0 Å². The van der Waals surface area contributed by atoms with Gasteiger partial charge < -0.3 is 10.2 Å². The summed E-state index contributed by atoms with van der Waals surface area (Å²) in [5.74, 6) is 0.128. The first-order valence-electron chi connectivity index (χ1n) is 3.27. The molecule has 0 spiro atoms. The zero-order valence-corrected chi connectivity index (χ0v) is 7.67. The molecule has 0 aliphatic rings. The molecule has 1 aromatic carbocycles. The maximum Gasteiger partial charge on any atom is 0.121 e. The van der Waals surface area contributed by atoms with E-state index < -0.39 is 6.10 Å². The van der Waals surface area contributed by atoms with Gasteiger partial charge in [0.05, 0.1) is 6.10 Å². The largest absolute Gasteiger partial charge is 0.508 e. The van der Waals surface area contributed by atoms with Crippen LogP contribution in [-0.4, -0.2) is 10.2 Å². The summed E-state index contributed by atoms with van der Waals surface area (Å²) in [7, 11) is 0. The van der Waals surface area contributed by atoms with Crippen molar-refractivity contribution in [3.63, 3.8) is 0 Å². The molecule has 0 fully saturated rings. The summed E-state index contributed by atoms with van der Waals surface area (Å²) in [4.78, 5) is 0. The number of aliphatic hydroxyl groups is 1. The van der Waals surface area contributed by atoms with Crippen molar-refractivity contribution in [3.8, 4) is 5.75 Å². The summed E-state index contributed by atoms with van der Waals surface area (Å²) in [6.45, 7) is 1.61. The van der Waals surface area contributed by atoms with Crippen LogP contribution in [-0.2, 0) is 0 Å². The average Bonchev–Trinajstić information content (AvgIpc) is 1.94. The quantitative estimate of drug-likeness (QED) is 0.756. The minimum Gasteiger partial charge on any atom is -0.508 e. The fourth-order valence-corrected chi connectivity index (χ4v) is 1.24. The Balaban J connectivity index is 3.13. The standard InChI is InChI=1S/C8H9BrO2/c1-5(10)7-4-6(9)2-3-8(7)11/h2-5,10-11H,1H3. The van der Waals surface area contributed by atoms with Crippen molar-refractivity contribution in [2.75, 3.05) is 0 Å². The van der Waals surface area contributed by atoms with E-state index in [2.05, 4.69) is 15.9 Å². The Kier molecular flexibility index (Phi) is 2.52. The maximum atomic E-state index is 9.22. The first-order valence-corrected chi connectivity index (χ1v) is 4.07. The van der Waals surface area contributed by atoms with Crippen molar-refractivity contribution in [2.24, 2.45) is 0 Å². The van der Waals surface area contributed by atoms with Gasteiger partial charge in [0, 0.05) is 10.0 Å². The average molecular weight is 217 g/mol. The minimum atomic E-state index is -0.632. The van der Waals surface area contributed by atoms with E-state index in [-0.39, 0.29) is 5.75 Å². The first-order chi connectivity index (χ1) is 5.11. The molecule has 11 heavy (non-hydrogen) atoms. The summed E-state index contributed by atoms with van der Waals surface area (Å²) in [6.07, 6.45) is -0.632. The Morgan fingerprint density at radius 3 is 2.55 bits per heavy atom. The van der Waals surface area contributed by atoms with Gasteiger partial charge in [-0.3, -0.25) is 0 Å². The van der Waals surface area contributed by atoms with Gasteiger partial charge in [0.2, 0.25) is 0 Å². The second-order valence-corrected chi connectivity index (χ2v) is 3.29. The molecule has 60 valence electrons. The summed E-state index contributed by atoms with van der Waals surface area (Å²) >= 11 is 3.24. The van der Waals surface area contributed by atoms with Crippen LogP contribution in [0.1, 0.15) is 18.6 Å². The van der Waals surface area contributed by atoms with E-state index in [4.69, 9.17) is 5.11 Å². The number of phenolic OH excluding ortho intramolecular Hbond substituents is 1. The highest BCUT2D eigenvalue weighted by Crippen LogP contribution is 2.26. The summed E-state index contributed by atoms with van der Waals surface area (Å²) in [5.41, 5.74) is 0.541. The molecule has 2 N–H and O–H groups in total. The van der Waals surface area contributed by atoms with Gasteiger partial charge in [0.15, 0.2) is 0 Å². The smallest absolute Gasteiger partial charge is 0.121 e. The Hall–Kier alpha value is -0.540. The Bertz CT molecular complexity index is 258. The topological polar surface area (TPSA) is 40.5 Å². The van der Waals surface area contributed by atoms with Crippen molar-refractivity contribution in [2.45, 2.75) is 13.0 Å². The van der Waals surface area contributed by atoms with Gasteiger partial charge in [-0.25, -0.2) is 0 Å². The van der Waals surface area contributed by atoms with Gasteiger partial charge in [0.1, 0.15) is 5.75 Å². The summed E-state index contributed by atoms with van der Waals surface area (Å²) < 4.78 is 0.853. The highest BCUT2D eigenvalue weighted by Gasteiger charge is 2.06. The third kappa shape index (κ3) is 1.94. The number of phenols is 1. The molecule has 1 rings (SSSR count). The van der Waals surface area contributed by atoms with Gasteiger partial charge in [-0.05, 0) is 25.1 Å². The molecule has 1 unspecified atom stereocenters. The number of aliphatic hydroxyl groups excluding tert-OH is 1. The van der Waals surface area contributed by atoms with Crippen LogP contribution in [0.5, 0.6) is 5.75 Å². The van der Waals surface area contributed by atoms with Crippen LogP contribution in [0.2, 0.25) is 0 Å². The van der Waals surface area contributed by atoms with E-state index >= 15 is 0 Å². The molecule has 0 amide bonds. The van der Waals surface area contributed by atoms with E-state index in [1.54, 1.807) is 25.1 Å².